The first-order chi connectivity index (χ1) is 17.0. The Labute approximate surface area is 215 Å². The molecule has 0 aliphatic carbocycles. The maximum absolute atomic E-state index is 11.9. The van der Waals surface area contributed by atoms with Crippen molar-refractivity contribution in [2.45, 2.75) is 38.5 Å². The summed E-state index contributed by atoms with van der Waals surface area (Å²) in [6, 6.07) is 0. The minimum Gasteiger partial charge on any atom is -0.355 e. The Morgan fingerprint density at radius 1 is 0.514 bits per heavy atom. The zero-order valence-corrected chi connectivity index (χ0v) is 23.2. The van der Waals surface area contributed by atoms with Crippen LogP contribution in [0.15, 0.2) is 0 Å². The molecule has 16 nitrogen and oxygen atoms in total. The fourth-order valence-electron chi connectivity index (χ4n) is 3.00. The highest BCUT2D eigenvalue weighted by atomic mass is 31.2. The molecule has 3 amide bonds. The molecular formula is C18H39N4O12P3. The lowest BCUT2D eigenvalue weighted by atomic mass is 10.3. The number of amides is 3. The lowest BCUT2D eigenvalue weighted by Gasteiger charge is -2.23. The second-order valence-electron chi connectivity index (χ2n) is 8.37. The van der Waals surface area contributed by atoms with Gasteiger partial charge in [0.15, 0.2) is 0 Å². The van der Waals surface area contributed by atoms with Gasteiger partial charge in [0, 0.05) is 58.5 Å². The summed E-state index contributed by atoms with van der Waals surface area (Å²) in [5.74, 6) is -1.15. The van der Waals surface area contributed by atoms with Crippen molar-refractivity contribution in [2.75, 3.05) is 57.8 Å². The Morgan fingerprint density at radius 2 is 0.757 bits per heavy atom. The first kappa shape index (κ1) is 35.8. The van der Waals surface area contributed by atoms with Gasteiger partial charge >= 0.3 is 22.8 Å². The number of hydrogen-bond acceptors (Lipinski definition) is 7. The van der Waals surface area contributed by atoms with Crippen LogP contribution in [-0.2, 0) is 28.1 Å². The van der Waals surface area contributed by atoms with Crippen molar-refractivity contribution >= 4 is 40.5 Å². The summed E-state index contributed by atoms with van der Waals surface area (Å²) in [6.07, 6.45) is -1.26. The van der Waals surface area contributed by atoms with E-state index in [9.17, 15) is 28.1 Å². The van der Waals surface area contributed by atoms with E-state index in [1.807, 2.05) is 4.90 Å². The van der Waals surface area contributed by atoms with E-state index in [-0.39, 0.29) is 75.9 Å². The second-order valence-corrected chi connectivity index (χ2v) is 13.7. The number of carbonyl (C=O) groups is 3. The molecule has 0 saturated carbocycles. The van der Waals surface area contributed by atoms with Crippen LogP contribution < -0.4 is 16.0 Å². The highest BCUT2D eigenvalue weighted by molar-refractivity contribution is 7.52. The Kier molecular flexibility index (Phi) is 17.6. The van der Waals surface area contributed by atoms with Crippen LogP contribution in [0.3, 0.4) is 0 Å². The van der Waals surface area contributed by atoms with Crippen LogP contribution in [0.5, 0.6) is 0 Å². The number of nitrogens with one attached hydrogen (secondary N) is 3. The minimum absolute atomic E-state index is 0.0297. The van der Waals surface area contributed by atoms with Gasteiger partial charge in [0.2, 0.25) is 17.7 Å². The van der Waals surface area contributed by atoms with Crippen LogP contribution in [0.2, 0.25) is 0 Å². The van der Waals surface area contributed by atoms with Crippen LogP contribution in [0.4, 0.5) is 0 Å². The first-order valence-corrected chi connectivity index (χ1v) is 17.0. The third-order valence-electron chi connectivity index (χ3n) is 4.81. The van der Waals surface area contributed by atoms with Gasteiger partial charge in [-0.2, -0.15) is 0 Å². The highest BCUT2D eigenvalue weighted by Crippen LogP contribution is 2.36. The zero-order chi connectivity index (χ0) is 28.5. The molecule has 0 aromatic heterocycles. The minimum atomic E-state index is -4.17. The average molecular weight is 596 g/mol. The molecule has 0 radical (unpaired) electrons. The van der Waals surface area contributed by atoms with Gasteiger partial charge in [-0.05, 0) is 19.3 Å². The molecule has 0 aliphatic rings. The molecule has 19 heteroatoms. The van der Waals surface area contributed by atoms with Gasteiger partial charge in [0.25, 0.3) is 0 Å². The summed E-state index contributed by atoms with van der Waals surface area (Å²) in [6.45, 7) is 1.56. The average Bonchev–Trinajstić information content (AvgIpc) is 2.70. The Morgan fingerprint density at radius 3 is 0.973 bits per heavy atom. The fourth-order valence-corrected chi connectivity index (χ4v) is 4.71. The van der Waals surface area contributed by atoms with Crippen LogP contribution in [0.1, 0.15) is 38.5 Å². The van der Waals surface area contributed by atoms with Crippen molar-refractivity contribution in [3.05, 3.63) is 0 Å². The van der Waals surface area contributed by atoms with E-state index in [2.05, 4.69) is 16.0 Å². The molecule has 0 fully saturated rings. The fraction of sp³-hybridized carbons (Fsp3) is 0.833. The molecule has 0 aromatic carbocycles. The molecule has 37 heavy (non-hydrogen) atoms. The van der Waals surface area contributed by atoms with Gasteiger partial charge in [0.05, 0.1) is 18.5 Å². The summed E-state index contributed by atoms with van der Waals surface area (Å²) < 4.78 is 32.5. The lowest BCUT2D eigenvalue weighted by Crippen LogP contribution is -2.43. The third kappa shape index (κ3) is 26.2. The molecule has 0 atom stereocenters. The summed E-state index contributed by atoms with van der Waals surface area (Å²) in [5, 5.41) is 7.88. The van der Waals surface area contributed by atoms with Crippen LogP contribution in [0.25, 0.3) is 0 Å². The molecular weight excluding hydrogens is 557 g/mol. The van der Waals surface area contributed by atoms with E-state index in [1.54, 1.807) is 0 Å². The van der Waals surface area contributed by atoms with Crippen molar-refractivity contribution in [2.24, 2.45) is 0 Å². The molecule has 0 heterocycles. The van der Waals surface area contributed by atoms with Gasteiger partial charge in [-0.1, -0.05) is 0 Å². The van der Waals surface area contributed by atoms with E-state index < -0.39 is 41.3 Å². The van der Waals surface area contributed by atoms with Gasteiger partial charge in [-0.15, -0.1) is 0 Å². The standard InChI is InChI=1S/C18H39N4O12P3/c23-16(4-1-13-35(26,27)28)19-7-10-22(11-8-20-17(24)5-2-14-36(29,30)31)12-9-21-18(25)6-3-15-37(32,33)34/h1-15H2,(H,19,23)(H,20,24)(H,21,25)(H2,26,27,28)(H2,29,30,31)(H2,32,33,34). The smallest absolute Gasteiger partial charge is 0.325 e. The monoisotopic (exact) mass is 596 g/mol. The van der Waals surface area contributed by atoms with Crippen LogP contribution in [0, 0.1) is 0 Å². The van der Waals surface area contributed by atoms with Crippen molar-refractivity contribution in [3.63, 3.8) is 0 Å². The highest BCUT2D eigenvalue weighted by Gasteiger charge is 2.16. The molecule has 218 valence electrons. The predicted molar refractivity (Wildman–Crippen MR) is 134 cm³/mol. The van der Waals surface area contributed by atoms with Crippen molar-refractivity contribution in [1.29, 1.82) is 0 Å². The Bertz CT molecular complexity index is 748. The van der Waals surface area contributed by atoms with Gasteiger partial charge in [-0.25, -0.2) is 0 Å². The molecule has 0 spiro atoms. The van der Waals surface area contributed by atoms with E-state index in [0.29, 0.717) is 19.6 Å². The summed E-state index contributed by atoms with van der Waals surface area (Å²) >= 11 is 0. The molecule has 0 bridgehead atoms. The maximum atomic E-state index is 11.9. The van der Waals surface area contributed by atoms with E-state index >= 15 is 0 Å². The van der Waals surface area contributed by atoms with Gasteiger partial charge in [-0.3, -0.25) is 33.0 Å². The molecule has 0 aromatic rings. The predicted octanol–water partition coefficient (Wildman–Crippen LogP) is -1.49. The summed E-state index contributed by atoms with van der Waals surface area (Å²) in [4.78, 5) is 90.4. The van der Waals surface area contributed by atoms with Crippen molar-refractivity contribution < 1.29 is 57.4 Å². The van der Waals surface area contributed by atoms with E-state index in [4.69, 9.17) is 29.4 Å². The summed E-state index contributed by atoms with van der Waals surface area (Å²) in [7, 11) is -12.5. The lowest BCUT2D eigenvalue weighted by molar-refractivity contribution is -0.121. The van der Waals surface area contributed by atoms with E-state index in [0.717, 1.165) is 0 Å². The third-order valence-corrected chi connectivity index (χ3v) is 7.51. The van der Waals surface area contributed by atoms with Crippen LogP contribution in [-0.4, -0.2) is 110 Å². The zero-order valence-electron chi connectivity index (χ0n) is 20.5. The second kappa shape index (κ2) is 18.2. The van der Waals surface area contributed by atoms with Gasteiger partial charge in [0.1, 0.15) is 0 Å². The SMILES string of the molecule is O=C(CCCP(=O)(O)O)NCCN(CCNC(=O)CCCP(=O)(O)O)CCNC(=O)CCCP(=O)(O)O. The molecule has 9 N–H and O–H groups in total. The normalized spacial score (nSPS) is 12.4. The quantitative estimate of drug-likeness (QED) is 0.0685. The molecule has 0 saturated heterocycles. The Hall–Kier alpha value is -1.18. The van der Waals surface area contributed by atoms with Gasteiger partial charge < -0.3 is 45.3 Å². The molecule has 0 unspecified atom stereocenters. The topological polar surface area (TPSA) is 263 Å². The van der Waals surface area contributed by atoms with Crippen LogP contribution >= 0.6 is 22.8 Å². The first-order valence-electron chi connectivity index (χ1n) is 11.6. The number of hydrogen-bond donors (Lipinski definition) is 9. The molecule has 0 rings (SSSR count). The van der Waals surface area contributed by atoms with Crippen molar-refractivity contribution in [3.8, 4) is 0 Å². The van der Waals surface area contributed by atoms with E-state index in [1.165, 1.54) is 0 Å². The van der Waals surface area contributed by atoms with Crippen molar-refractivity contribution in [1.82, 2.24) is 20.9 Å². The number of nitrogens with zero attached hydrogens (tertiary/aromatic N) is 1. The number of carbonyl (C=O) groups excluding carboxylic acids is 3. The summed E-state index contributed by atoms with van der Waals surface area (Å²) in [5.41, 5.74) is 0. The molecule has 0 aliphatic heterocycles. The Balaban J connectivity index is 4.51. The largest absolute Gasteiger partial charge is 0.355 e. The maximum Gasteiger partial charge on any atom is 0.325 e. The number of rotatable bonds is 21.